The van der Waals surface area contributed by atoms with Crippen molar-refractivity contribution in [1.29, 1.82) is 0 Å². The number of likely N-dealkylation sites (tertiary alicyclic amines) is 1. The van der Waals surface area contributed by atoms with Crippen molar-refractivity contribution in [1.82, 2.24) is 19.5 Å². The number of aromatic hydroxyl groups is 1. The van der Waals surface area contributed by atoms with Crippen LogP contribution in [-0.4, -0.2) is 50.3 Å². The first-order valence-electron chi connectivity index (χ1n) is 11.5. The van der Waals surface area contributed by atoms with Crippen LogP contribution in [0.15, 0.2) is 24.3 Å². The van der Waals surface area contributed by atoms with Gasteiger partial charge in [0, 0.05) is 6.42 Å². The Morgan fingerprint density at radius 1 is 1.19 bits per heavy atom. The van der Waals surface area contributed by atoms with Gasteiger partial charge in [0.1, 0.15) is 0 Å². The van der Waals surface area contributed by atoms with E-state index in [1.54, 1.807) is 4.52 Å². The molecule has 1 aliphatic heterocycles. The van der Waals surface area contributed by atoms with E-state index < -0.39 is 0 Å². The number of rotatable bonds is 7. The predicted molar refractivity (Wildman–Crippen MR) is 125 cm³/mol. The molecule has 7 nitrogen and oxygen atoms in total. The number of aromatic nitrogens is 3. The highest BCUT2D eigenvalue weighted by Gasteiger charge is 2.34. The Labute approximate surface area is 193 Å². The monoisotopic (exact) mass is 456 g/mol. The Morgan fingerprint density at radius 2 is 1.84 bits per heavy atom. The fraction of sp³-hybridized carbons (Fsp3) is 0.542. The molecule has 0 radical (unpaired) electrons. The van der Waals surface area contributed by atoms with E-state index in [1.807, 2.05) is 13.8 Å². The number of piperidine rings is 1. The lowest BCUT2D eigenvalue weighted by Gasteiger charge is -2.36. The molecule has 0 bridgehead atoms. The number of ether oxygens (including phenoxy) is 1. The molecule has 1 aromatic carbocycles. The molecular formula is C24H32N4O3S. The molecule has 0 amide bonds. The largest absolute Gasteiger partial charge is 0.492 e. The lowest BCUT2D eigenvalue weighted by molar-refractivity contribution is -0.149. The summed E-state index contributed by atoms with van der Waals surface area (Å²) in [6.07, 6.45) is 2.23. The van der Waals surface area contributed by atoms with Gasteiger partial charge in [-0.05, 0) is 49.9 Å². The smallest absolute Gasteiger partial charge is 0.309 e. The van der Waals surface area contributed by atoms with Crippen LogP contribution in [0.3, 0.4) is 0 Å². The van der Waals surface area contributed by atoms with Gasteiger partial charge in [-0.3, -0.25) is 9.69 Å². The van der Waals surface area contributed by atoms with E-state index in [0.717, 1.165) is 48.6 Å². The van der Waals surface area contributed by atoms with Gasteiger partial charge in [0.05, 0.1) is 23.4 Å². The maximum atomic E-state index is 12.2. The summed E-state index contributed by atoms with van der Waals surface area (Å²) < 4.78 is 6.79. The first kappa shape index (κ1) is 22.7. The third-order valence-electron chi connectivity index (χ3n) is 6.24. The molecule has 8 heteroatoms. The number of nitrogens with zero attached hydrogens (tertiary/aromatic N) is 4. The van der Waals surface area contributed by atoms with E-state index in [1.165, 1.54) is 16.9 Å². The second kappa shape index (κ2) is 9.58. The molecule has 1 fully saturated rings. The highest BCUT2D eigenvalue weighted by atomic mass is 32.1. The number of esters is 1. The molecule has 3 heterocycles. The number of aryl methyl sites for hydroxylation is 1. The average molecular weight is 457 g/mol. The standard InChI is InChI=1S/C24H32N4O3S/c1-5-19-25-24-28(26-19)22(29)21(32-24)20(17-9-7-16(8-10-17)15(3)4)27-13-11-18(12-14-27)23(30)31-6-2/h7-10,15,18,20,29H,5-6,11-14H2,1-4H3/t20-/m0/s1. The van der Waals surface area contributed by atoms with Gasteiger partial charge in [0.25, 0.3) is 0 Å². The zero-order chi connectivity index (χ0) is 22.8. The molecule has 0 saturated carbocycles. The maximum Gasteiger partial charge on any atom is 0.309 e. The van der Waals surface area contributed by atoms with Gasteiger partial charge in [0.15, 0.2) is 5.82 Å². The fourth-order valence-electron chi connectivity index (χ4n) is 4.36. The van der Waals surface area contributed by atoms with Gasteiger partial charge in [-0.15, -0.1) is 5.10 Å². The molecule has 0 spiro atoms. The molecule has 4 rings (SSSR count). The van der Waals surface area contributed by atoms with Crippen molar-refractivity contribution in [2.24, 2.45) is 5.92 Å². The number of carbonyl (C=O) groups excluding carboxylic acids is 1. The Hall–Kier alpha value is -2.45. The molecule has 3 aromatic rings. The van der Waals surface area contributed by atoms with Crippen LogP contribution < -0.4 is 0 Å². The van der Waals surface area contributed by atoms with Gasteiger partial charge in [-0.1, -0.05) is 56.4 Å². The average Bonchev–Trinajstić information content (AvgIpc) is 3.34. The summed E-state index contributed by atoms with van der Waals surface area (Å²) in [6.45, 7) is 10.1. The number of benzene rings is 1. The molecule has 1 saturated heterocycles. The van der Waals surface area contributed by atoms with E-state index in [0.29, 0.717) is 17.5 Å². The van der Waals surface area contributed by atoms with E-state index in [9.17, 15) is 9.90 Å². The van der Waals surface area contributed by atoms with Crippen LogP contribution >= 0.6 is 11.3 Å². The minimum absolute atomic E-state index is 0.0572. The summed E-state index contributed by atoms with van der Waals surface area (Å²) in [5.41, 5.74) is 2.41. The van der Waals surface area contributed by atoms with Gasteiger partial charge in [-0.2, -0.15) is 4.52 Å². The van der Waals surface area contributed by atoms with Gasteiger partial charge in [-0.25, -0.2) is 4.98 Å². The second-order valence-corrected chi connectivity index (χ2v) is 9.66. The highest BCUT2D eigenvalue weighted by Crippen LogP contribution is 2.41. The summed E-state index contributed by atoms with van der Waals surface area (Å²) >= 11 is 1.49. The quantitative estimate of drug-likeness (QED) is 0.526. The van der Waals surface area contributed by atoms with E-state index in [-0.39, 0.29) is 23.8 Å². The van der Waals surface area contributed by atoms with Crippen molar-refractivity contribution in [3.8, 4) is 5.88 Å². The van der Waals surface area contributed by atoms with Gasteiger partial charge >= 0.3 is 5.97 Å². The highest BCUT2D eigenvalue weighted by molar-refractivity contribution is 7.17. The molecule has 0 aliphatic carbocycles. The Bertz CT molecular complexity index is 1070. The fourth-order valence-corrected chi connectivity index (χ4v) is 5.50. The molecule has 1 atom stereocenters. The zero-order valence-electron chi connectivity index (χ0n) is 19.2. The van der Waals surface area contributed by atoms with Gasteiger partial charge in [0.2, 0.25) is 10.8 Å². The number of hydrogen-bond donors (Lipinski definition) is 1. The topological polar surface area (TPSA) is 80.0 Å². The van der Waals surface area contributed by atoms with Crippen LogP contribution in [0.1, 0.15) is 74.3 Å². The van der Waals surface area contributed by atoms with Crippen molar-refractivity contribution in [3.05, 3.63) is 46.1 Å². The number of carbonyl (C=O) groups is 1. The maximum absolute atomic E-state index is 12.2. The Morgan fingerprint density at radius 3 is 2.41 bits per heavy atom. The van der Waals surface area contributed by atoms with Crippen molar-refractivity contribution in [3.63, 3.8) is 0 Å². The SMILES string of the molecule is CCOC(=O)C1CCN([C@@H](c2ccc(C(C)C)cc2)c2sc3nc(CC)nn3c2O)CC1. The molecule has 1 N–H and O–H groups in total. The summed E-state index contributed by atoms with van der Waals surface area (Å²) in [6, 6.07) is 8.54. The van der Waals surface area contributed by atoms with Crippen LogP contribution in [0, 0.1) is 5.92 Å². The van der Waals surface area contributed by atoms with E-state index in [2.05, 4.69) is 53.1 Å². The third-order valence-corrected chi connectivity index (χ3v) is 7.31. The van der Waals surface area contributed by atoms with Crippen LogP contribution in [0.25, 0.3) is 4.96 Å². The van der Waals surface area contributed by atoms with Crippen LogP contribution in [0.5, 0.6) is 5.88 Å². The predicted octanol–water partition coefficient (Wildman–Crippen LogP) is 4.55. The Balaban J connectivity index is 1.67. The summed E-state index contributed by atoms with van der Waals surface area (Å²) in [4.78, 5) is 20.7. The summed E-state index contributed by atoms with van der Waals surface area (Å²) in [7, 11) is 0. The van der Waals surface area contributed by atoms with Crippen molar-refractivity contribution in [2.45, 2.75) is 58.9 Å². The lowest BCUT2D eigenvalue weighted by Crippen LogP contribution is -2.39. The Kier molecular flexibility index (Phi) is 6.81. The van der Waals surface area contributed by atoms with Crippen LogP contribution in [0.4, 0.5) is 0 Å². The zero-order valence-corrected chi connectivity index (χ0v) is 20.1. The van der Waals surface area contributed by atoms with Crippen molar-refractivity contribution >= 4 is 22.3 Å². The van der Waals surface area contributed by atoms with Crippen molar-refractivity contribution < 1.29 is 14.6 Å². The van der Waals surface area contributed by atoms with E-state index >= 15 is 0 Å². The molecule has 0 unspecified atom stereocenters. The van der Waals surface area contributed by atoms with Gasteiger partial charge < -0.3 is 9.84 Å². The minimum atomic E-state index is -0.113. The normalized spacial score (nSPS) is 16.7. The van der Waals surface area contributed by atoms with Crippen molar-refractivity contribution in [2.75, 3.05) is 19.7 Å². The lowest BCUT2D eigenvalue weighted by atomic mass is 9.93. The number of hydrogen-bond acceptors (Lipinski definition) is 7. The number of thiazole rings is 1. The first-order chi connectivity index (χ1) is 15.4. The molecular weight excluding hydrogens is 424 g/mol. The third kappa shape index (κ3) is 4.38. The molecule has 1 aliphatic rings. The molecule has 32 heavy (non-hydrogen) atoms. The summed E-state index contributed by atoms with van der Waals surface area (Å²) in [5.74, 6) is 1.18. The molecule has 172 valence electrons. The second-order valence-electron chi connectivity index (χ2n) is 8.65. The first-order valence-corrected chi connectivity index (χ1v) is 12.3. The van der Waals surface area contributed by atoms with Crippen LogP contribution in [-0.2, 0) is 16.0 Å². The van der Waals surface area contributed by atoms with Crippen LogP contribution in [0.2, 0.25) is 0 Å². The minimum Gasteiger partial charge on any atom is -0.492 e. The summed E-state index contributed by atoms with van der Waals surface area (Å²) in [5, 5.41) is 15.5. The molecule has 2 aromatic heterocycles. The van der Waals surface area contributed by atoms with E-state index in [4.69, 9.17) is 4.74 Å². The number of fused-ring (bicyclic) bond motifs is 1.